The lowest BCUT2D eigenvalue weighted by Gasteiger charge is -2.41. The van der Waals surface area contributed by atoms with E-state index in [0.717, 1.165) is 56.4 Å². The molecule has 2 aliphatic rings. The van der Waals surface area contributed by atoms with Crippen LogP contribution in [-0.2, 0) is 12.2 Å². The molecule has 1 heterocycles. The van der Waals surface area contributed by atoms with Gasteiger partial charge in [0.15, 0.2) is 0 Å². The van der Waals surface area contributed by atoms with Crippen molar-refractivity contribution in [3.63, 3.8) is 0 Å². The highest BCUT2D eigenvalue weighted by molar-refractivity contribution is 6.32. The Bertz CT molecular complexity index is 847. The number of nitrogens with one attached hydrogen (secondary N) is 1. The number of likely N-dealkylation sites (N-methyl/N-ethyl adjacent to an activating group) is 1. The Morgan fingerprint density at radius 2 is 2.00 bits per heavy atom. The van der Waals surface area contributed by atoms with Crippen molar-refractivity contribution in [1.82, 2.24) is 10.2 Å². The molecule has 1 saturated heterocycles. The first-order valence-corrected chi connectivity index (χ1v) is 12.0. The van der Waals surface area contributed by atoms with Crippen LogP contribution in [0.1, 0.15) is 49.7 Å². The van der Waals surface area contributed by atoms with Gasteiger partial charge in [0.1, 0.15) is 12.4 Å². The van der Waals surface area contributed by atoms with Crippen LogP contribution in [0.4, 0.5) is 0 Å². The summed E-state index contributed by atoms with van der Waals surface area (Å²) < 4.78 is 5.93. The van der Waals surface area contributed by atoms with Gasteiger partial charge in [0, 0.05) is 12.6 Å². The van der Waals surface area contributed by atoms with E-state index >= 15 is 0 Å². The number of likely N-dealkylation sites (tertiary alicyclic amines) is 1. The fourth-order valence-corrected chi connectivity index (χ4v) is 5.46. The van der Waals surface area contributed by atoms with Gasteiger partial charge in [0.2, 0.25) is 0 Å². The molecule has 2 aromatic rings. The van der Waals surface area contributed by atoms with Gasteiger partial charge < -0.3 is 20.1 Å². The summed E-state index contributed by atoms with van der Waals surface area (Å²) in [5.74, 6) is 0.933. The van der Waals surface area contributed by atoms with Crippen molar-refractivity contribution >= 4 is 11.6 Å². The lowest BCUT2D eigenvalue weighted by molar-refractivity contribution is -0.0597. The molecule has 3 atom stereocenters. The van der Waals surface area contributed by atoms with Crippen molar-refractivity contribution in [1.29, 1.82) is 0 Å². The molecule has 1 saturated carbocycles. The van der Waals surface area contributed by atoms with E-state index in [0.29, 0.717) is 23.4 Å². The van der Waals surface area contributed by atoms with Crippen LogP contribution >= 0.6 is 11.6 Å². The molecule has 31 heavy (non-hydrogen) atoms. The summed E-state index contributed by atoms with van der Waals surface area (Å²) in [7, 11) is 2.05. The standard InChI is InChI=1S/C26H35ClN2O2/c1-28-23-13-16-29(18-23)15-12-21-9-5-6-14-26(21,30)22-10-11-25(24(27)17-22)31-19-20-7-3-2-4-8-20/h2-4,7-8,10-11,17,21,23,28,30H,5-6,9,12-16,18-19H2,1H3/t21?,23-,26?/m0/s1. The number of aliphatic hydroxyl groups is 1. The molecule has 4 nitrogen and oxygen atoms in total. The normalized spacial score (nSPS) is 26.8. The van der Waals surface area contributed by atoms with E-state index in [1.165, 1.54) is 12.8 Å². The predicted octanol–water partition coefficient (Wildman–Crippen LogP) is 4.98. The highest BCUT2D eigenvalue weighted by Gasteiger charge is 2.40. The van der Waals surface area contributed by atoms with Crippen LogP contribution in [0.2, 0.25) is 5.02 Å². The number of nitrogens with zero attached hydrogens (tertiary/aromatic N) is 1. The first-order chi connectivity index (χ1) is 15.1. The molecule has 168 valence electrons. The molecule has 2 aromatic carbocycles. The number of hydrogen-bond acceptors (Lipinski definition) is 4. The van der Waals surface area contributed by atoms with Crippen LogP contribution in [0.3, 0.4) is 0 Å². The van der Waals surface area contributed by atoms with Gasteiger partial charge in [-0.15, -0.1) is 0 Å². The molecule has 0 radical (unpaired) electrons. The molecule has 0 spiro atoms. The molecule has 1 aliphatic carbocycles. The first kappa shape index (κ1) is 22.6. The minimum absolute atomic E-state index is 0.266. The van der Waals surface area contributed by atoms with Gasteiger partial charge in [-0.2, -0.15) is 0 Å². The summed E-state index contributed by atoms with van der Waals surface area (Å²) in [6, 6.07) is 16.5. The van der Waals surface area contributed by atoms with Gasteiger partial charge in [0.05, 0.1) is 10.6 Å². The third kappa shape index (κ3) is 5.43. The Kier molecular flexibility index (Phi) is 7.55. The topological polar surface area (TPSA) is 44.7 Å². The first-order valence-electron chi connectivity index (χ1n) is 11.7. The molecule has 2 fully saturated rings. The predicted molar refractivity (Wildman–Crippen MR) is 127 cm³/mol. The second-order valence-corrected chi connectivity index (χ2v) is 9.56. The number of benzene rings is 2. The average Bonchev–Trinajstić information content (AvgIpc) is 3.26. The third-order valence-electron chi connectivity index (χ3n) is 7.18. The van der Waals surface area contributed by atoms with Crippen molar-refractivity contribution < 1.29 is 9.84 Å². The van der Waals surface area contributed by atoms with Crippen molar-refractivity contribution in [2.75, 3.05) is 26.7 Å². The van der Waals surface area contributed by atoms with Crippen molar-refractivity contribution in [3.05, 3.63) is 64.7 Å². The van der Waals surface area contributed by atoms with Crippen molar-refractivity contribution in [3.8, 4) is 5.75 Å². The monoisotopic (exact) mass is 442 g/mol. The minimum Gasteiger partial charge on any atom is -0.487 e. The summed E-state index contributed by atoms with van der Waals surface area (Å²) in [4.78, 5) is 2.53. The van der Waals surface area contributed by atoms with E-state index in [-0.39, 0.29) is 5.92 Å². The highest BCUT2D eigenvalue weighted by atomic mass is 35.5. The lowest BCUT2D eigenvalue weighted by atomic mass is 9.70. The zero-order valence-electron chi connectivity index (χ0n) is 18.5. The van der Waals surface area contributed by atoms with Gasteiger partial charge >= 0.3 is 0 Å². The maximum atomic E-state index is 11.8. The van der Waals surface area contributed by atoms with E-state index in [2.05, 4.69) is 10.2 Å². The number of rotatable bonds is 8. The average molecular weight is 443 g/mol. The Hall–Kier alpha value is -1.59. The van der Waals surface area contributed by atoms with E-state index in [1.54, 1.807) is 0 Å². The second-order valence-electron chi connectivity index (χ2n) is 9.15. The Morgan fingerprint density at radius 3 is 2.74 bits per heavy atom. The quantitative estimate of drug-likeness (QED) is 0.605. The fourth-order valence-electron chi connectivity index (χ4n) is 5.22. The molecule has 0 amide bonds. The highest BCUT2D eigenvalue weighted by Crippen LogP contribution is 2.45. The molecule has 2 unspecified atom stereocenters. The van der Waals surface area contributed by atoms with Crippen molar-refractivity contribution in [2.24, 2.45) is 5.92 Å². The van der Waals surface area contributed by atoms with E-state index in [4.69, 9.17) is 16.3 Å². The van der Waals surface area contributed by atoms with Gasteiger partial charge in [-0.25, -0.2) is 0 Å². The van der Waals surface area contributed by atoms with Gasteiger partial charge in [0.25, 0.3) is 0 Å². The zero-order valence-corrected chi connectivity index (χ0v) is 19.3. The van der Waals surface area contributed by atoms with Gasteiger partial charge in [-0.3, -0.25) is 0 Å². The molecular formula is C26H35ClN2O2. The fraction of sp³-hybridized carbons (Fsp3) is 0.538. The minimum atomic E-state index is -0.804. The Labute approximate surface area is 191 Å². The summed E-state index contributed by atoms with van der Waals surface area (Å²) in [5, 5.41) is 15.7. The van der Waals surface area contributed by atoms with Crippen LogP contribution in [0, 0.1) is 5.92 Å². The zero-order chi connectivity index (χ0) is 21.7. The van der Waals surface area contributed by atoms with Crippen LogP contribution in [-0.4, -0.2) is 42.7 Å². The summed E-state index contributed by atoms with van der Waals surface area (Å²) in [5.41, 5.74) is 1.24. The molecule has 5 heteroatoms. The third-order valence-corrected chi connectivity index (χ3v) is 7.47. The van der Waals surface area contributed by atoms with Gasteiger partial charge in [-0.1, -0.05) is 60.8 Å². The smallest absolute Gasteiger partial charge is 0.138 e. The van der Waals surface area contributed by atoms with E-state index in [1.807, 2.05) is 55.6 Å². The molecule has 2 N–H and O–H groups in total. The number of halogens is 1. The van der Waals surface area contributed by atoms with Crippen LogP contribution in [0.15, 0.2) is 48.5 Å². The second kappa shape index (κ2) is 10.4. The molecule has 0 aromatic heterocycles. The van der Waals surface area contributed by atoms with E-state index in [9.17, 15) is 5.11 Å². The van der Waals surface area contributed by atoms with E-state index < -0.39 is 5.60 Å². The Morgan fingerprint density at radius 1 is 1.16 bits per heavy atom. The molecule has 1 aliphatic heterocycles. The largest absolute Gasteiger partial charge is 0.487 e. The summed E-state index contributed by atoms with van der Waals surface area (Å²) in [6.45, 7) is 3.80. The van der Waals surface area contributed by atoms with Crippen LogP contribution in [0.5, 0.6) is 5.75 Å². The van der Waals surface area contributed by atoms with Crippen molar-refractivity contribution in [2.45, 2.75) is 56.8 Å². The molecular weight excluding hydrogens is 408 g/mol. The van der Waals surface area contributed by atoms with Gasteiger partial charge in [-0.05, 0) is 75.0 Å². The van der Waals surface area contributed by atoms with Crippen LogP contribution in [0.25, 0.3) is 0 Å². The van der Waals surface area contributed by atoms with Crippen LogP contribution < -0.4 is 10.1 Å². The summed E-state index contributed by atoms with van der Waals surface area (Å²) >= 11 is 6.59. The molecule has 4 rings (SSSR count). The molecule has 0 bridgehead atoms. The lowest BCUT2D eigenvalue weighted by Crippen LogP contribution is -2.40. The summed E-state index contributed by atoms with van der Waals surface area (Å²) in [6.07, 6.45) is 6.36. The SMILES string of the molecule is CN[C@H]1CCN(CCC2CCCCC2(O)c2ccc(OCc3ccccc3)c(Cl)c2)C1. The Balaban J connectivity index is 1.42. The number of ether oxygens (including phenoxy) is 1. The maximum absolute atomic E-state index is 11.8. The maximum Gasteiger partial charge on any atom is 0.138 e. The number of hydrogen-bond donors (Lipinski definition) is 2.